The molecule has 0 saturated heterocycles. The van der Waals surface area contributed by atoms with Crippen LogP contribution in [0, 0.1) is 5.92 Å². The van der Waals surface area contributed by atoms with Crippen LogP contribution in [0.2, 0.25) is 5.02 Å². The van der Waals surface area contributed by atoms with Crippen LogP contribution >= 0.6 is 11.6 Å². The maximum absolute atomic E-state index is 12.3. The number of carbonyl (C=O) groups is 2. The number of aromatic nitrogens is 2. The smallest absolute Gasteiger partial charge is 0.337 e. The molecule has 0 radical (unpaired) electrons. The third-order valence-corrected chi connectivity index (χ3v) is 3.89. The van der Waals surface area contributed by atoms with E-state index in [-0.39, 0.29) is 11.3 Å². The second kappa shape index (κ2) is 9.15. The van der Waals surface area contributed by atoms with E-state index in [4.69, 9.17) is 11.6 Å². The van der Waals surface area contributed by atoms with Crippen LogP contribution in [0.15, 0.2) is 30.3 Å². The van der Waals surface area contributed by atoms with Crippen LogP contribution in [-0.4, -0.2) is 35.7 Å². The fourth-order valence-electron chi connectivity index (χ4n) is 2.09. The number of nitrogens with zero attached hydrogens (tertiary/aromatic N) is 2. The summed E-state index contributed by atoms with van der Waals surface area (Å²) >= 11 is 6.07. The van der Waals surface area contributed by atoms with E-state index in [1.165, 1.54) is 25.3 Å². The molecule has 2 N–H and O–H groups in total. The Kier molecular flexibility index (Phi) is 6.91. The fourth-order valence-corrected chi connectivity index (χ4v) is 2.25. The molecule has 0 aliphatic carbocycles. The van der Waals surface area contributed by atoms with Crippen molar-refractivity contribution in [3.63, 3.8) is 0 Å². The quantitative estimate of drug-likeness (QED) is 0.717. The van der Waals surface area contributed by atoms with Gasteiger partial charge >= 0.3 is 5.97 Å². The van der Waals surface area contributed by atoms with Crippen LogP contribution in [0.25, 0.3) is 0 Å². The minimum atomic E-state index is -0.520. The molecule has 8 heteroatoms. The number of benzene rings is 1. The van der Waals surface area contributed by atoms with Gasteiger partial charge in [0.25, 0.3) is 5.91 Å². The standard InChI is InChI=1S/C18H21ClN4O3/c1-11(2)8-9-20-16-7-6-14(22-23-16)17(24)21-15-10-12(18(25)26-3)4-5-13(15)19/h4-7,10-11H,8-9H2,1-3H3,(H,20,23)(H,21,24). The van der Waals surface area contributed by atoms with E-state index in [1.807, 2.05) is 0 Å². The van der Waals surface area contributed by atoms with Gasteiger partial charge in [0.1, 0.15) is 5.82 Å². The molecule has 1 amide bonds. The van der Waals surface area contributed by atoms with Crippen LogP contribution < -0.4 is 10.6 Å². The maximum Gasteiger partial charge on any atom is 0.337 e. The lowest BCUT2D eigenvalue weighted by atomic mass is 10.1. The summed E-state index contributed by atoms with van der Waals surface area (Å²) in [7, 11) is 1.28. The average molecular weight is 377 g/mol. The lowest BCUT2D eigenvalue weighted by Crippen LogP contribution is -2.16. The number of ether oxygens (including phenoxy) is 1. The van der Waals surface area contributed by atoms with Crippen molar-refractivity contribution >= 4 is 35.0 Å². The van der Waals surface area contributed by atoms with E-state index in [1.54, 1.807) is 12.1 Å². The number of amides is 1. The second-order valence-electron chi connectivity index (χ2n) is 6.05. The van der Waals surface area contributed by atoms with Crippen LogP contribution in [0.3, 0.4) is 0 Å². The highest BCUT2D eigenvalue weighted by molar-refractivity contribution is 6.34. The van der Waals surface area contributed by atoms with Gasteiger partial charge in [-0.1, -0.05) is 25.4 Å². The summed E-state index contributed by atoms with van der Waals surface area (Å²) in [6.45, 7) is 5.07. The first-order chi connectivity index (χ1) is 12.4. The molecule has 0 atom stereocenters. The molecular formula is C18H21ClN4O3. The molecular weight excluding hydrogens is 356 g/mol. The SMILES string of the molecule is COC(=O)c1ccc(Cl)c(NC(=O)c2ccc(NCCC(C)C)nn2)c1. The lowest BCUT2D eigenvalue weighted by Gasteiger charge is -2.09. The number of esters is 1. The minimum absolute atomic E-state index is 0.138. The summed E-state index contributed by atoms with van der Waals surface area (Å²) < 4.78 is 4.66. The number of carbonyl (C=O) groups excluding carboxylic acids is 2. The molecule has 0 saturated carbocycles. The van der Waals surface area contributed by atoms with Crippen molar-refractivity contribution < 1.29 is 14.3 Å². The number of anilines is 2. The van der Waals surface area contributed by atoms with E-state index in [0.717, 1.165) is 13.0 Å². The molecule has 0 unspecified atom stereocenters. The summed E-state index contributed by atoms with van der Waals surface area (Å²) in [5.74, 6) is 0.197. The number of halogens is 1. The minimum Gasteiger partial charge on any atom is -0.465 e. The van der Waals surface area contributed by atoms with E-state index in [9.17, 15) is 9.59 Å². The van der Waals surface area contributed by atoms with E-state index < -0.39 is 11.9 Å². The predicted molar refractivity (Wildman–Crippen MR) is 101 cm³/mol. The zero-order valence-electron chi connectivity index (χ0n) is 14.9. The Morgan fingerprint density at radius 2 is 1.96 bits per heavy atom. The van der Waals surface area contributed by atoms with Gasteiger partial charge in [0, 0.05) is 6.54 Å². The summed E-state index contributed by atoms with van der Waals surface area (Å²) in [4.78, 5) is 23.9. The van der Waals surface area contributed by atoms with Crippen molar-refractivity contribution in [3.05, 3.63) is 46.6 Å². The number of methoxy groups -OCH3 is 1. The lowest BCUT2D eigenvalue weighted by molar-refractivity contribution is 0.0600. The van der Waals surface area contributed by atoms with Crippen molar-refractivity contribution in [3.8, 4) is 0 Å². The average Bonchev–Trinajstić information content (AvgIpc) is 2.63. The molecule has 0 spiro atoms. The monoisotopic (exact) mass is 376 g/mol. The van der Waals surface area contributed by atoms with Crippen molar-refractivity contribution in [2.45, 2.75) is 20.3 Å². The highest BCUT2D eigenvalue weighted by Gasteiger charge is 2.14. The summed E-state index contributed by atoms with van der Waals surface area (Å²) in [5, 5.41) is 14.0. The molecule has 2 aromatic rings. The number of nitrogens with one attached hydrogen (secondary N) is 2. The number of hydrogen-bond donors (Lipinski definition) is 2. The molecule has 0 fully saturated rings. The third kappa shape index (κ3) is 5.42. The molecule has 1 heterocycles. The van der Waals surface area contributed by atoms with E-state index in [0.29, 0.717) is 22.4 Å². The normalized spacial score (nSPS) is 10.5. The number of hydrogen-bond acceptors (Lipinski definition) is 6. The molecule has 138 valence electrons. The Labute approximate surface area is 157 Å². The van der Waals surface area contributed by atoms with Crippen molar-refractivity contribution in [2.75, 3.05) is 24.3 Å². The van der Waals surface area contributed by atoms with Crippen molar-refractivity contribution in [1.82, 2.24) is 10.2 Å². The summed E-state index contributed by atoms with van der Waals surface area (Å²) in [5.41, 5.74) is 0.711. The second-order valence-corrected chi connectivity index (χ2v) is 6.46. The number of rotatable bonds is 7. The van der Waals surface area contributed by atoms with Gasteiger partial charge in [-0.05, 0) is 42.7 Å². The molecule has 26 heavy (non-hydrogen) atoms. The highest BCUT2D eigenvalue weighted by Crippen LogP contribution is 2.24. The van der Waals surface area contributed by atoms with Gasteiger partial charge in [0.2, 0.25) is 0 Å². The Morgan fingerprint density at radius 3 is 2.58 bits per heavy atom. The van der Waals surface area contributed by atoms with Crippen molar-refractivity contribution in [2.24, 2.45) is 5.92 Å². The first-order valence-electron chi connectivity index (χ1n) is 8.17. The predicted octanol–water partition coefficient (Wildman–Crippen LogP) is 3.63. The van der Waals surface area contributed by atoms with E-state index in [2.05, 4.69) is 39.4 Å². The summed E-state index contributed by atoms with van der Waals surface area (Å²) in [6, 6.07) is 7.73. The molecule has 0 bridgehead atoms. The molecule has 0 aliphatic rings. The van der Waals surface area contributed by atoms with Crippen LogP contribution in [0.1, 0.15) is 41.1 Å². The zero-order chi connectivity index (χ0) is 19.1. The Morgan fingerprint density at radius 1 is 1.19 bits per heavy atom. The van der Waals surface area contributed by atoms with Crippen LogP contribution in [-0.2, 0) is 4.74 Å². The van der Waals surface area contributed by atoms with E-state index >= 15 is 0 Å². The third-order valence-electron chi connectivity index (χ3n) is 3.56. The fraction of sp³-hybridized carbons (Fsp3) is 0.333. The van der Waals surface area contributed by atoms with Crippen LogP contribution in [0.4, 0.5) is 11.5 Å². The van der Waals surface area contributed by atoms with Crippen molar-refractivity contribution in [1.29, 1.82) is 0 Å². The Hall–Kier alpha value is -2.67. The first-order valence-corrected chi connectivity index (χ1v) is 8.55. The van der Waals surface area contributed by atoms with Gasteiger partial charge in [0.05, 0.1) is 23.4 Å². The van der Waals surface area contributed by atoms with Crippen LogP contribution in [0.5, 0.6) is 0 Å². The molecule has 2 rings (SSSR count). The summed E-state index contributed by atoms with van der Waals surface area (Å²) in [6.07, 6.45) is 1.01. The topological polar surface area (TPSA) is 93.2 Å². The maximum atomic E-state index is 12.3. The van der Waals surface area contributed by atoms with Gasteiger partial charge in [-0.2, -0.15) is 0 Å². The van der Waals surface area contributed by atoms with Gasteiger partial charge in [0.15, 0.2) is 5.69 Å². The first kappa shape index (κ1) is 19.7. The largest absolute Gasteiger partial charge is 0.465 e. The molecule has 7 nitrogen and oxygen atoms in total. The van der Waals surface area contributed by atoms with Gasteiger partial charge in [-0.15, -0.1) is 10.2 Å². The molecule has 1 aromatic heterocycles. The molecule has 1 aromatic carbocycles. The molecule has 0 aliphatic heterocycles. The zero-order valence-corrected chi connectivity index (χ0v) is 15.6. The van der Waals surface area contributed by atoms with Gasteiger partial charge < -0.3 is 15.4 Å². The highest BCUT2D eigenvalue weighted by atomic mass is 35.5. The van der Waals surface area contributed by atoms with Gasteiger partial charge in [-0.25, -0.2) is 4.79 Å². The van der Waals surface area contributed by atoms with Gasteiger partial charge in [-0.3, -0.25) is 4.79 Å². The Bertz CT molecular complexity index is 779. The Balaban J connectivity index is 2.04.